The molecule has 1 aliphatic rings. The molecule has 0 bridgehead atoms. The molecule has 24 heavy (non-hydrogen) atoms. The number of rotatable bonds is 2. The Labute approximate surface area is 151 Å². The Morgan fingerprint density at radius 3 is 2.50 bits per heavy atom. The molecule has 0 atom stereocenters. The second-order valence-corrected chi connectivity index (χ2v) is 7.16. The summed E-state index contributed by atoms with van der Waals surface area (Å²) in [6, 6.07) is 13.2. The van der Waals surface area contributed by atoms with Crippen molar-refractivity contribution in [3.63, 3.8) is 0 Å². The molecule has 2 aromatic rings. The molecule has 1 N–H and O–H groups in total. The fraction of sp³-hybridized carbons (Fsp3) is 0.211. The summed E-state index contributed by atoms with van der Waals surface area (Å²) in [5.74, 6) is -0.198. The maximum Gasteiger partial charge on any atom is 0.250 e. The minimum absolute atomic E-state index is 0.198. The zero-order chi connectivity index (χ0) is 17.5. The van der Waals surface area contributed by atoms with Gasteiger partial charge in [0, 0.05) is 35.6 Å². The number of anilines is 2. The Hall–Kier alpha value is -1.97. The largest absolute Gasteiger partial charge is 0.347 e. The van der Waals surface area contributed by atoms with Gasteiger partial charge in [0.2, 0.25) is 5.91 Å². The van der Waals surface area contributed by atoms with Crippen molar-refractivity contribution in [1.29, 1.82) is 0 Å². The van der Waals surface area contributed by atoms with Crippen LogP contribution in [0.15, 0.2) is 54.2 Å². The zero-order valence-electron chi connectivity index (χ0n) is 13.7. The molecule has 0 saturated heterocycles. The van der Waals surface area contributed by atoms with E-state index in [-0.39, 0.29) is 11.3 Å². The Bertz CT molecular complexity index is 843. The highest BCUT2D eigenvalue weighted by Crippen LogP contribution is 2.46. The predicted octanol–water partition coefficient (Wildman–Crippen LogP) is 5.24. The number of allylic oxidation sites excluding steroid dienone is 1. The molecule has 1 aliphatic heterocycles. The van der Waals surface area contributed by atoms with Crippen LogP contribution in [-0.2, 0) is 10.2 Å². The molecule has 0 spiro atoms. The minimum Gasteiger partial charge on any atom is -0.347 e. The number of halogens is 2. The molecule has 0 radical (unpaired) electrons. The van der Waals surface area contributed by atoms with Gasteiger partial charge < -0.3 is 10.2 Å². The van der Waals surface area contributed by atoms with Gasteiger partial charge in [0.15, 0.2) is 0 Å². The van der Waals surface area contributed by atoms with Crippen LogP contribution in [0.5, 0.6) is 0 Å². The first kappa shape index (κ1) is 16.9. The second-order valence-electron chi connectivity index (χ2n) is 6.35. The lowest BCUT2D eigenvalue weighted by Gasteiger charge is -2.24. The van der Waals surface area contributed by atoms with Gasteiger partial charge >= 0.3 is 0 Å². The second kappa shape index (κ2) is 6.15. The van der Waals surface area contributed by atoms with Crippen LogP contribution in [0, 0.1) is 0 Å². The van der Waals surface area contributed by atoms with Crippen molar-refractivity contribution in [3.05, 3.63) is 69.8 Å². The first-order valence-electron chi connectivity index (χ1n) is 7.62. The summed E-state index contributed by atoms with van der Waals surface area (Å²) >= 11 is 11.9. The molecule has 0 fully saturated rings. The van der Waals surface area contributed by atoms with Crippen molar-refractivity contribution in [2.45, 2.75) is 19.3 Å². The van der Waals surface area contributed by atoms with Crippen molar-refractivity contribution < 1.29 is 4.79 Å². The topological polar surface area (TPSA) is 32.3 Å². The van der Waals surface area contributed by atoms with Gasteiger partial charge in [-0.1, -0.05) is 55.2 Å². The number of nitrogens with one attached hydrogen (secondary N) is 1. The molecule has 1 amide bonds. The lowest BCUT2D eigenvalue weighted by molar-refractivity contribution is -0.112. The van der Waals surface area contributed by atoms with E-state index in [4.69, 9.17) is 23.2 Å². The third kappa shape index (κ3) is 2.90. The Morgan fingerprint density at radius 1 is 1.12 bits per heavy atom. The third-order valence-corrected chi connectivity index (χ3v) is 5.13. The van der Waals surface area contributed by atoms with E-state index in [1.807, 2.05) is 19.2 Å². The predicted molar refractivity (Wildman–Crippen MR) is 101 cm³/mol. The van der Waals surface area contributed by atoms with Gasteiger partial charge in [0.05, 0.1) is 10.0 Å². The fourth-order valence-electron chi connectivity index (χ4n) is 3.14. The van der Waals surface area contributed by atoms with Crippen molar-refractivity contribution in [1.82, 2.24) is 0 Å². The normalized spacial score (nSPS) is 17.0. The van der Waals surface area contributed by atoms with Crippen molar-refractivity contribution in [3.8, 4) is 0 Å². The van der Waals surface area contributed by atoms with Gasteiger partial charge in [-0.15, -0.1) is 0 Å². The van der Waals surface area contributed by atoms with Crippen LogP contribution in [0.1, 0.15) is 19.4 Å². The van der Waals surface area contributed by atoms with Gasteiger partial charge in [0.1, 0.15) is 0 Å². The highest BCUT2D eigenvalue weighted by atomic mass is 35.5. The van der Waals surface area contributed by atoms with E-state index in [0.29, 0.717) is 15.7 Å². The quantitative estimate of drug-likeness (QED) is 0.742. The molecule has 5 heteroatoms. The summed E-state index contributed by atoms with van der Waals surface area (Å²) in [6.45, 7) is 4.24. The highest BCUT2D eigenvalue weighted by molar-refractivity contribution is 6.42. The maximum absolute atomic E-state index is 12.5. The smallest absolute Gasteiger partial charge is 0.250 e. The molecule has 0 unspecified atom stereocenters. The van der Waals surface area contributed by atoms with Crippen LogP contribution in [-0.4, -0.2) is 13.0 Å². The lowest BCUT2D eigenvalue weighted by atomic mass is 9.84. The van der Waals surface area contributed by atoms with Crippen LogP contribution in [0.25, 0.3) is 0 Å². The number of carbonyl (C=O) groups excluding carboxylic acids is 1. The Balaban J connectivity index is 1.88. The standard InChI is InChI=1S/C19H18Cl2N2O/c1-19(2)13-6-4-5-7-16(13)23(3)17(19)11-18(24)22-12-8-9-14(20)15(21)10-12/h4-11H,1-3H3,(H,22,24)/b17-11+. The van der Waals surface area contributed by atoms with Gasteiger partial charge in [-0.2, -0.15) is 0 Å². The molecule has 3 nitrogen and oxygen atoms in total. The molecule has 1 heterocycles. The number of fused-ring (bicyclic) bond motifs is 1. The monoisotopic (exact) mass is 360 g/mol. The van der Waals surface area contributed by atoms with Gasteiger partial charge in [-0.3, -0.25) is 4.79 Å². The van der Waals surface area contributed by atoms with Crippen LogP contribution in [0.2, 0.25) is 10.0 Å². The van der Waals surface area contributed by atoms with E-state index in [9.17, 15) is 4.79 Å². The summed E-state index contributed by atoms with van der Waals surface area (Å²) in [6.07, 6.45) is 1.64. The van der Waals surface area contributed by atoms with Crippen molar-refractivity contribution in [2.24, 2.45) is 0 Å². The van der Waals surface area contributed by atoms with Crippen molar-refractivity contribution >= 4 is 40.5 Å². The van der Waals surface area contributed by atoms with Gasteiger partial charge in [-0.25, -0.2) is 0 Å². The molecule has 0 saturated carbocycles. The van der Waals surface area contributed by atoms with Crippen LogP contribution < -0.4 is 10.2 Å². The lowest BCUT2D eigenvalue weighted by Crippen LogP contribution is -2.25. The minimum atomic E-state index is -0.236. The number of para-hydroxylation sites is 1. The van der Waals surface area contributed by atoms with Gasteiger partial charge in [-0.05, 0) is 29.8 Å². The van der Waals surface area contributed by atoms with E-state index in [1.165, 1.54) is 5.56 Å². The van der Waals surface area contributed by atoms with E-state index < -0.39 is 0 Å². The number of carbonyl (C=O) groups is 1. The van der Waals surface area contributed by atoms with Crippen LogP contribution in [0.4, 0.5) is 11.4 Å². The van der Waals surface area contributed by atoms with Crippen LogP contribution >= 0.6 is 23.2 Å². The SMILES string of the molecule is CN1/C(=C/C(=O)Nc2ccc(Cl)c(Cl)c2)C(C)(C)c2ccccc21. The third-order valence-electron chi connectivity index (χ3n) is 4.40. The fourth-order valence-corrected chi connectivity index (χ4v) is 3.43. The molecule has 0 aliphatic carbocycles. The van der Waals surface area contributed by atoms with E-state index in [1.54, 1.807) is 24.3 Å². The molecule has 3 rings (SSSR count). The average molecular weight is 361 g/mol. The van der Waals surface area contributed by atoms with E-state index >= 15 is 0 Å². The number of amides is 1. The van der Waals surface area contributed by atoms with E-state index in [2.05, 4.69) is 36.2 Å². The first-order chi connectivity index (χ1) is 11.3. The molecular weight excluding hydrogens is 343 g/mol. The summed E-state index contributed by atoms with van der Waals surface area (Å²) in [5.41, 5.74) is 3.65. The molecule has 124 valence electrons. The summed E-state index contributed by atoms with van der Waals surface area (Å²) in [4.78, 5) is 14.5. The van der Waals surface area contributed by atoms with Crippen molar-refractivity contribution in [2.75, 3.05) is 17.3 Å². The highest BCUT2D eigenvalue weighted by Gasteiger charge is 2.38. The number of hydrogen-bond donors (Lipinski definition) is 1. The Morgan fingerprint density at radius 2 is 1.83 bits per heavy atom. The van der Waals surface area contributed by atoms with Gasteiger partial charge in [0.25, 0.3) is 0 Å². The molecule has 2 aromatic carbocycles. The van der Waals surface area contributed by atoms with Crippen LogP contribution in [0.3, 0.4) is 0 Å². The summed E-state index contributed by atoms with van der Waals surface area (Å²) in [5, 5.41) is 3.71. The zero-order valence-corrected chi connectivity index (χ0v) is 15.2. The molecule has 0 aromatic heterocycles. The van der Waals surface area contributed by atoms with E-state index in [0.717, 1.165) is 11.4 Å². The summed E-state index contributed by atoms with van der Waals surface area (Å²) < 4.78 is 0. The first-order valence-corrected chi connectivity index (χ1v) is 8.38. The summed E-state index contributed by atoms with van der Waals surface area (Å²) in [7, 11) is 1.98. The number of hydrogen-bond acceptors (Lipinski definition) is 2. The number of likely N-dealkylation sites (N-methyl/N-ethyl adjacent to an activating group) is 1. The Kier molecular flexibility index (Phi) is 4.33. The molecular formula is C19H18Cl2N2O. The average Bonchev–Trinajstić information content (AvgIpc) is 2.73. The number of benzene rings is 2. The maximum atomic E-state index is 12.5. The number of nitrogens with zero attached hydrogens (tertiary/aromatic N) is 1.